The largest absolute Gasteiger partial charge is 1.00 e. The molecular weight excluding hydrogens is 532 g/mol. The third kappa shape index (κ3) is 5.28. The van der Waals surface area contributed by atoms with Crippen molar-refractivity contribution in [2.45, 2.75) is 69.4 Å². The van der Waals surface area contributed by atoms with Crippen molar-refractivity contribution in [3.05, 3.63) is 71.5 Å². The van der Waals surface area contributed by atoms with E-state index in [0.717, 1.165) is 67.2 Å². The van der Waals surface area contributed by atoms with Crippen LogP contribution in [0, 0.1) is 11.7 Å². The van der Waals surface area contributed by atoms with Crippen molar-refractivity contribution in [1.82, 2.24) is 0 Å². The van der Waals surface area contributed by atoms with Gasteiger partial charge in [0.25, 0.3) is 0 Å². The molecule has 4 nitrogen and oxygen atoms in total. The molecule has 178 valence electrons. The van der Waals surface area contributed by atoms with Gasteiger partial charge in [0.2, 0.25) is 0 Å². The number of esters is 1. The molecule has 2 aliphatic carbocycles. The van der Waals surface area contributed by atoms with Crippen LogP contribution < -0.4 is 24.0 Å². The number of carbonyl (C=O) groups is 1. The van der Waals surface area contributed by atoms with Gasteiger partial charge < -0.3 is 37.9 Å². The Morgan fingerprint density at radius 3 is 2.42 bits per heavy atom. The Hall–Kier alpha value is -1.51. The molecule has 33 heavy (non-hydrogen) atoms. The molecule has 5 rings (SSSR count). The van der Waals surface area contributed by atoms with Crippen molar-refractivity contribution in [2.75, 3.05) is 13.6 Å². The smallest absolute Gasteiger partial charge is 0.340 e. The number of ether oxygens (including phenoxy) is 2. The monoisotopic (exact) mass is 565 g/mol. The van der Waals surface area contributed by atoms with Gasteiger partial charge in [-0.2, -0.15) is 0 Å². The van der Waals surface area contributed by atoms with Gasteiger partial charge in [0.15, 0.2) is 12.2 Å². The summed E-state index contributed by atoms with van der Waals surface area (Å²) >= 11 is 0. The van der Waals surface area contributed by atoms with Crippen LogP contribution in [0.3, 0.4) is 0 Å². The van der Waals surface area contributed by atoms with Crippen LogP contribution >= 0.6 is 0 Å². The molecule has 1 aliphatic heterocycles. The quantitative estimate of drug-likeness (QED) is 0.294. The summed E-state index contributed by atoms with van der Waals surface area (Å²) in [5, 5.41) is 0. The van der Waals surface area contributed by atoms with Crippen LogP contribution in [-0.4, -0.2) is 42.3 Å². The first-order valence-corrected chi connectivity index (χ1v) is 12.0. The zero-order valence-electron chi connectivity index (χ0n) is 19.2. The summed E-state index contributed by atoms with van der Waals surface area (Å²) in [6.07, 6.45) is 5.89. The van der Waals surface area contributed by atoms with E-state index in [1.54, 1.807) is 0 Å². The molecule has 0 radical (unpaired) electrons. The van der Waals surface area contributed by atoms with Crippen LogP contribution in [0.5, 0.6) is 0 Å². The second-order valence-corrected chi connectivity index (χ2v) is 10.1. The number of carbonyl (C=O) groups excluding carboxylic acids is 1. The van der Waals surface area contributed by atoms with E-state index in [1.165, 1.54) is 12.1 Å². The summed E-state index contributed by atoms with van der Waals surface area (Å²) in [5.74, 6) is -0.0853. The molecule has 5 atom stereocenters. The molecule has 0 aromatic heterocycles. The van der Waals surface area contributed by atoms with Crippen molar-refractivity contribution in [2.24, 2.45) is 5.92 Å². The fraction of sp³-hybridized carbons (Fsp3) is 0.519. The number of fused-ring (bicyclic) bond motifs is 2. The van der Waals surface area contributed by atoms with Gasteiger partial charge in [-0.1, -0.05) is 55.3 Å². The lowest BCUT2D eigenvalue weighted by Crippen LogP contribution is -3.00. The lowest BCUT2D eigenvalue weighted by Gasteiger charge is -2.38. The molecule has 0 amide bonds. The topological polar surface area (TPSA) is 35.5 Å². The zero-order valence-corrected chi connectivity index (χ0v) is 21.3. The molecule has 1 heterocycles. The Labute approximate surface area is 213 Å². The van der Waals surface area contributed by atoms with Gasteiger partial charge in [0.1, 0.15) is 18.4 Å². The van der Waals surface area contributed by atoms with E-state index in [-0.39, 0.29) is 54.0 Å². The number of nitrogens with zero attached hydrogens (tertiary/aromatic N) is 1. The molecule has 2 saturated carbocycles. The summed E-state index contributed by atoms with van der Waals surface area (Å²) in [6.45, 7) is 1.82. The molecule has 6 heteroatoms. The maximum atomic E-state index is 13.4. The van der Waals surface area contributed by atoms with E-state index in [9.17, 15) is 9.18 Å². The number of hydrogen-bond donors (Lipinski definition) is 0. The van der Waals surface area contributed by atoms with Crippen molar-refractivity contribution >= 4 is 5.97 Å². The molecule has 4 unspecified atom stereocenters. The normalized spacial score (nSPS) is 29.6. The Bertz CT molecular complexity index is 934. The van der Waals surface area contributed by atoms with Gasteiger partial charge in [-0.25, -0.2) is 9.18 Å². The van der Waals surface area contributed by atoms with Gasteiger partial charge in [-0.3, -0.25) is 0 Å². The Morgan fingerprint density at radius 1 is 1.03 bits per heavy atom. The number of likely N-dealkylation sites (tertiary alicyclic amines) is 1. The van der Waals surface area contributed by atoms with Gasteiger partial charge in [-0.05, 0) is 37.0 Å². The standard InChI is InChI=1S/C27H33FNO3.HI/c1-29(17-19-11-14-22(28)15-12-19)18-21-13-16-24(29)25(21)32-27(30)26(20-7-3-2-4-8-20)31-23-9-5-6-10-23;/h2-4,7-8,11-12,14-15,21,23-26H,5-6,9-10,13,16-18H2,1H3;1H/q+1;/p-1/t21?,24-,25?,26?,29?;/m1./s1. The summed E-state index contributed by atoms with van der Waals surface area (Å²) in [7, 11) is 2.25. The lowest BCUT2D eigenvalue weighted by atomic mass is 10.1. The highest BCUT2D eigenvalue weighted by Gasteiger charge is 2.58. The fourth-order valence-corrected chi connectivity index (χ4v) is 6.23. The molecule has 2 aromatic carbocycles. The SMILES string of the molecule is C[N+]1(Cc2ccc(F)cc2)CC2CC[C@@H]1C2OC(=O)C(OC1CCCC1)c1ccccc1.[I-]. The van der Waals surface area contributed by atoms with Crippen LogP contribution in [0.25, 0.3) is 0 Å². The van der Waals surface area contributed by atoms with Crippen molar-refractivity contribution in [3.63, 3.8) is 0 Å². The number of halogens is 2. The van der Waals surface area contributed by atoms with Crippen LogP contribution in [0.2, 0.25) is 0 Å². The molecule has 1 saturated heterocycles. The number of piperidine rings is 1. The average Bonchev–Trinajstić information content (AvgIpc) is 3.50. The molecule has 3 aliphatic rings. The van der Waals surface area contributed by atoms with Crippen LogP contribution in [0.15, 0.2) is 54.6 Å². The van der Waals surface area contributed by atoms with Gasteiger partial charge in [0.05, 0.1) is 25.6 Å². The number of benzene rings is 2. The Morgan fingerprint density at radius 2 is 1.73 bits per heavy atom. The molecule has 2 aromatic rings. The first-order chi connectivity index (χ1) is 15.5. The molecule has 3 fully saturated rings. The average molecular weight is 565 g/mol. The lowest BCUT2D eigenvalue weighted by molar-refractivity contribution is -0.939. The summed E-state index contributed by atoms with van der Waals surface area (Å²) in [5.41, 5.74) is 2.00. The second kappa shape index (κ2) is 10.4. The van der Waals surface area contributed by atoms with E-state index in [1.807, 2.05) is 42.5 Å². The van der Waals surface area contributed by atoms with Crippen molar-refractivity contribution < 1.29 is 47.1 Å². The van der Waals surface area contributed by atoms with Crippen LogP contribution in [0.4, 0.5) is 4.39 Å². The zero-order chi connectivity index (χ0) is 22.1. The molecular formula is C27H33FINO3. The third-order valence-electron chi connectivity index (χ3n) is 7.79. The molecule has 0 spiro atoms. The molecule has 2 bridgehead atoms. The number of likely N-dealkylation sites (N-methyl/N-ethyl adjacent to an activating group) is 1. The number of hydrogen-bond acceptors (Lipinski definition) is 3. The maximum Gasteiger partial charge on any atom is 0.340 e. The van der Waals surface area contributed by atoms with Gasteiger partial charge in [-0.15, -0.1) is 0 Å². The number of quaternary nitrogens is 1. The van der Waals surface area contributed by atoms with E-state index >= 15 is 0 Å². The fourth-order valence-electron chi connectivity index (χ4n) is 6.23. The third-order valence-corrected chi connectivity index (χ3v) is 7.79. The van der Waals surface area contributed by atoms with E-state index in [4.69, 9.17) is 9.47 Å². The minimum absolute atomic E-state index is 0. The van der Waals surface area contributed by atoms with Crippen molar-refractivity contribution in [1.29, 1.82) is 0 Å². The highest BCUT2D eigenvalue weighted by molar-refractivity contribution is 5.77. The summed E-state index contributed by atoms with van der Waals surface area (Å²) in [4.78, 5) is 13.4. The number of rotatable bonds is 7. The summed E-state index contributed by atoms with van der Waals surface area (Å²) < 4.78 is 26.7. The molecule has 0 N–H and O–H groups in total. The van der Waals surface area contributed by atoms with Crippen molar-refractivity contribution in [3.8, 4) is 0 Å². The highest BCUT2D eigenvalue weighted by atomic mass is 127. The van der Waals surface area contributed by atoms with Gasteiger partial charge >= 0.3 is 5.97 Å². The Balaban J connectivity index is 0.00000259. The highest BCUT2D eigenvalue weighted by Crippen LogP contribution is 2.45. The minimum Gasteiger partial charge on any atom is -1.00 e. The first-order valence-electron chi connectivity index (χ1n) is 12.0. The van der Waals surface area contributed by atoms with E-state index < -0.39 is 6.10 Å². The Kier molecular flexibility index (Phi) is 7.76. The predicted molar refractivity (Wildman–Crippen MR) is 120 cm³/mol. The minimum atomic E-state index is -0.657. The van der Waals surface area contributed by atoms with Crippen LogP contribution in [0.1, 0.15) is 55.8 Å². The van der Waals surface area contributed by atoms with Gasteiger partial charge in [0, 0.05) is 12.0 Å². The summed E-state index contributed by atoms with van der Waals surface area (Å²) in [6, 6.07) is 16.8. The van der Waals surface area contributed by atoms with Crippen LogP contribution in [-0.2, 0) is 20.8 Å². The first kappa shape index (κ1) is 24.6. The second-order valence-electron chi connectivity index (χ2n) is 10.1. The van der Waals surface area contributed by atoms with E-state index in [2.05, 4.69) is 7.05 Å². The maximum absolute atomic E-state index is 13.4. The predicted octanol–water partition coefficient (Wildman–Crippen LogP) is 2.18. The van der Waals surface area contributed by atoms with E-state index in [0.29, 0.717) is 5.92 Å².